The molecule has 0 saturated carbocycles. The van der Waals surface area contributed by atoms with Gasteiger partial charge in [-0.05, 0) is 48.4 Å². The van der Waals surface area contributed by atoms with Crippen molar-refractivity contribution in [2.75, 3.05) is 44.6 Å². The van der Waals surface area contributed by atoms with Crippen LogP contribution in [0, 0.1) is 0 Å². The Hall–Kier alpha value is -4.42. The van der Waals surface area contributed by atoms with Crippen LogP contribution in [0.3, 0.4) is 0 Å². The third-order valence-corrected chi connectivity index (χ3v) is 7.29. The van der Waals surface area contributed by atoms with Gasteiger partial charge < -0.3 is 20.0 Å². The van der Waals surface area contributed by atoms with E-state index in [0.717, 1.165) is 11.1 Å². The van der Waals surface area contributed by atoms with E-state index in [9.17, 15) is 27.6 Å². The molecule has 0 bridgehead atoms. The van der Waals surface area contributed by atoms with Crippen LogP contribution in [0.4, 0.5) is 24.8 Å². The number of benzene rings is 1. The summed E-state index contributed by atoms with van der Waals surface area (Å²) in [5, 5.41) is 7.65. The second kappa shape index (κ2) is 11.6. The third kappa shape index (κ3) is 6.67. The van der Waals surface area contributed by atoms with Crippen LogP contribution in [0.5, 0.6) is 0 Å². The molecule has 41 heavy (non-hydrogen) atoms. The van der Waals surface area contributed by atoms with Gasteiger partial charge in [0.1, 0.15) is 0 Å². The van der Waals surface area contributed by atoms with Gasteiger partial charge in [0.2, 0.25) is 17.8 Å². The van der Waals surface area contributed by atoms with Crippen molar-refractivity contribution in [2.45, 2.75) is 32.4 Å². The van der Waals surface area contributed by atoms with Gasteiger partial charge in [-0.3, -0.25) is 14.4 Å². The Morgan fingerprint density at radius 3 is 2.29 bits per heavy atom. The van der Waals surface area contributed by atoms with Crippen molar-refractivity contribution < 1.29 is 27.6 Å². The van der Waals surface area contributed by atoms with E-state index in [0.29, 0.717) is 62.0 Å². The van der Waals surface area contributed by atoms with Crippen LogP contribution in [0.2, 0.25) is 0 Å². The second-order valence-corrected chi connectivity index (χ2v) is 10.1. The lowest BCUT2D eigenvalue weighted by Crippen LogP contribution is -2.50. The molecule has 2 aromatic heterocycles. The highest BCUT2D eigenvalue weighted by atomic mass is 19.4. The number of fused-ring (bicyclic) bond motifs is 1. The number of rotatable bonds is 6. The van der Waals surface area contributed by atoms with Crippen LogP contribution in [-0.4, -0.2) is 92.5 Å². The summed E-state index contributed by atoms with van der Waals surface area (Å²) in [6.45, 7) is 4.14. The van der Waals surface area contributed by atoms with Gasteiger partial charge in [-0.1, -0.05) is 6.08 Å². The number of halogens is 3. The lowest BCUT2D eigenvalue weighted by Gasteiger charge is -2.34. The number of carbonyl (C=O) groups is 3. The first-order chi connectivity index (χ1) is 19.6. The highest BCUT2D eigenvalue weighted by Crippen LogP contribution is 2.28. The monoisotopic (exact) mass is 569 g/mol. The minimum atomic E-state index is -4.35. The zero-order valence-electron chi connectivity index (χ0n) is 22.5. The van der Waals surface area contributed by atoms with Crippen LogP contribution in [0.1, 0.15) is 42.1 Å². The number of aromatic nitrogens is 3. The van der Waals surface area contributed by atoms with Crippen molar-refractivity contribution in [1.29, 1.82) is 0 Å². The SMILES string of the molecule is CC(=O)N1CCN(C(=O)c2ccc(Nc3nc4c(C5=CCN(C(=O)CCC(F)(F)F)CC5)cccn4n3)cc2)CC1. The van der Waals surface area contributed by atoms with Gasteiger partial charge in [0.15, 0.2) is 5.65 Å². The average Bonchev–Trinajstić information content (AvgIpc) is 3.38. The number of hydrogen-bond acceptors (Lipinski definition) is 6. The molecule has 216 valence electrons. The molecule has 1 saturated heterocycles. The summed E-state index contributed by atoms with van der Waals surface area (Å²) in [5.74, 6) is -0.223. The molecule has 1 aromatic carbocycles. The van der Waals surface area contributed by atoms with Crippen LogP contribution in [0.25, 0.3) is 11.2 Å². The van der Waals surface area contributed by atoms with Gasteiger partial charge >= 0.3 is 6.18 Å². The summed E-state index contributed by atoms with van der Waals surface area (Å²) >= 11 is 0. The Morgan fingerprint density at radius 1 is 0.951 bits per heavy atom. The molecule has 0 radical (unpaired) electrons. The largest absolute Gasteiger partial charge is 0.389 e. The Labute approximate surface area is 234 Å². The van der Waals surface area contributed by atoms with Crippen LogP contribution >= 0.6 is 0 Å². The van der Waals surface area contributed by atoms with E-state index in [1.54, 1.807) is 44.8 Å². The molecule has 1 N–H and O–H groups in total. The lowest BCUT2D eigenvalue weighted by molar-refractivity contribution is -0.148. The molecule has 2 aliphatic rings. The molecular formula is C28H30F3N7O3. The van der Waals surface area contributed by atoms with Crippen molar-refractivity contribution in [3.8, 4) is 0 Å². The van der Waals surface area contributed by atoms with Crippen molar-refractivity contribution in [3.63, 3.8) is 0 Å². The molecule has 13 heteroatoms. The molecule has 10 nitrogen and oxygen atoms in total. The normalized spacial score (nSPS) is 16.1. The summed E-state index contributed by atoms with van der Waals surface area (Å²) in [7, 11) is 0. The molecule has 0 atom stereocenters. The number of anilines is 2. The summed E-state index contributed by atoms with van der Waals surface area (Å²) in [6.07, 6.45) is -1.91. The molecule has 2 aliphatic heterocycles. The molecule has 1 fully saturated rings. The van der Waals surface area contributed by atoms with Gasteiger partial charge in [-0.2, -0.15) is 18.2 Å². The maximum Gasteiger partial charge on any atom is 0.389 e. The zero-order chi connectivity index (χ0) is 29.1. The highest BCUT2D eigenvalue weighted by Gasteiger charge is 2.30. The number of amides is 3. The van der Waals surface area contributed by atoms with E-state index in [4.69, 9.17) is 0 Å². The van der Waals surface area contributed by atoms with Crippen molar-refractivity contribution in [2.24, 2.45) is 0 Å². The molecule has 3 aromatic rings. The summed E-state index contributed by atoms with van der Waals surface area (Å²) in [4.78, 5) is 46.1. The van der Waals surface area contributed by atoms with Crippen molar-refractivity contribution >= 4 is 40.6 Å². The van der Waals surface area contributed by atoms with E-state index in [2.05, 4.69) is 15.4 Å². The first kappa shape index (κ1) is 28.1. The smallest absolute Gasteiger partial charge is 0.339 e. The molecule has 3 amide bonds. The van der Waals surface area contributed by atoms with E-state index in [1.807, 2.05) is 18.2 Å². The minimum absolute atomic E-state index is 0.0112. The predicted molar refractivity (Wildman–Crippen MR) is 145 cm³/mol. The minimum Gasteiger partial charge on any atom is -0.339 e. The van der Waals surface area contributed by atoms with Gasteiger partial charge in [0, 0.05) is 75.6 Å². The third-order valence-electron chi connectivity index (χ3n) is 7.29. The lowest BCUT2D eigenvalue weighted by atomic mass is 10.00. The van der Waals surface area contributed by atoms with E-state index < -0.39 is 24.9 Å². The topological polar surface area (TPSA) is 103 Å². The number of alkyl halides is 3. The summed E-state index contributed by atoms with van der Waals surface area (Å²) < 4.78 is 39.1. The van der Waals surface area contributed by atoms with E-state index >= 15 is 0 Å². The van der Waals surface area contributed by atoms with Crippen LogP contribution in [-0.2, 0) is 9.59 Å². The second-order valence-electron chi connectivity index (χ2n) is 10.1. The molecule has 0 aliphatic carbocycles. The number of pyridine rings is 1. The number of nitrogens with one attached hydrogen (secondary N) is 1. The van der Waals surface area contributed by atoms with Crippen LogP contribution in [0.15, 0.2) is 48.7 Å². The van der Waals surface area contributed by atoms with E-state index in [1.165, 1.54) is 11.8 Å². The summed E-state index contributed by atoms with van der Waals surface area (Å²) in [6, 6.07) is 10.8. The fourth-order valence-electron chi connectivity index (χ4n) is 4.99. The molecule has 0 spiro atoms. The standard InChI is InChI=1S/C28H30F3N7O3/c1-19(39)35-15-17-37(18-16-35)26(41)21-4-6-22(7-5-21)32-27-33-25-23(3-2-12-38(25)34-27)20-9-13-36(14-10-20)24(40)8-11-28(29,30)31/h2-7,9,12H,8,10-11,13-18H2,1H3,(H,32,34). The molecule has 4 heterocycles. The highest BCUT2D eigenvalue weighted by molar-refractivity contribution is 5.94. The molecule has 0 unspecified atom stereocenters. The maximum atomic E-state index is 12.9. The quantitative estimate of drug-likeness (QED) is 0.485. The van der Waals surface area contributed by atoms with Crippen molar-refractivity contribution in [3.05, 3.63) is 59.8 Å². The van der Waals surface area contributed by atoms with Gasteiger partial charge in [-0.15, -0.1) is 5.10 Å². The number of hydrogen-bond donors (Lipinski definition) is 1. The van der Waals surface area contributed by atoms with E-state index in [-0.39, 0.29) is 18.4 Å². The number of nitrogens with zero attached hydrogens (tertiary/aromatic N) is 6. The number of piperazine rings is 1. The van der Waals surface area contributed by atoms with Gasteiger partial charge in [-0.25, -0.2) is 4.52 Å². The molecular weight excluding hydrogens is 539 g/mol. The fraction of sp³-hybridized carbons (Fsp3) is 0.393. The summed E-state index contributed by atoms with van der Waals surface area (Å²) in [5.41, 5.74) is 3.63. The van der Waals surface area contributed by atoms with Crippen molar-refractivity contribution in [1.82, 2.24) is 29.3 Å². The number of carbonyl (C=O) groups excluding carboxylic acids is 3. The zero-order valence-corrected chi connectivity index (χ0v) is 22.5. The Morgan fingerprint density at radius 2 is 1.66 bits per heavy atom. The average molecular weight is 570 g/mol. The first-order valence-electron chi connectivity index (χ1n) is 13.4. The Bertz CT molecular complexity index is 1480. The predicted octanol–water partition coefficient (Wildman–Crippen LogP) is 3.74. The molecule has 5 rings (SSSR count). The van der Waals surface area contributed by atoms with Crippen LogP contribution < -0.4 is 5.32 Å². The van der Waals surface area contributed by atoms with Gasteiger partial charge in [0.25, 0.3) is 5.91 Å². The fourth-order valence-corrected chi connectivity index (χ4v) is 4.99. The van der Waals surface area contributed by atoms with Gasteiger partial charge in [0.05, 0.1) is 6.42 Å². The Balaban J connectivity index is 1.23. The Kier molecular flexibility index (Phi) is 7.95. The maximum absolute atomic E-state index is 12.9. The first-order valence-corrected chi connectivity index (χ1v) is 13.4.